The van der Waals surface area contributed by atoms with Crippen molar-refractivity contribution in [3.05, 3.63) is 0 Å². The molecule has 0 spiro atoms. The molecule has 1 heterocycles. The Labute approximate surface area is 92.6 Å². The third-order valence-electron chi connectivity index (χ3n) is 2.80. The summed E-state index contributed by atoms with van der Waals surface area (Å²) >= 11 is 0. The van der Waals surface area contributed by atoms with Crippen molar-refractivity contribution in [3.63, 3.8) is 0 Å². The smallest absolute Gasteiger partial charge is 0.317 e. The summed E-state index contributed by atoms with van der Waals surface area (Å²) in [5.41, 5.74) is -5.63. The zero-order valence-corrected chi connectivity index (χ0v) is 9.71. The van der Waals surface area contributed by atoms with Crippen molar-refractivity contribution in [2.75, 3.05) is 19.6 Å². The molecule has 0 saturated carbocycles. The Morgan fingerprint density at radius 1 is 1.31 bits per heavy atom. The second kappa shape index (κ2) is 4.50. The third kappa shape index (κ3) is 3.33. The number of alkyl halides is 3. The van der Waals surface area contributed by atoms with Crippen molar-refractivity contribution >= 4 is 10.0 Å². The molecule has 1 aliphatic rings. The van der Waals surface area contributed by atoms with Crippen LogP contribution in [0.4, 0.5) is 13.2 Å². The van der Waals surface area contributed by atoms with Gasteiger partial charge in [0, 0.05) is 6.54 Å². The number of piperidine rings is 1. The first kappa shape index (κ1) is 13.7. The van der Waals surface area contributed by atoms with Crippen LogP contribution in [0, 0.1) is 5.41 Å². The maximum absolute atomic E-state index is 12.0. The Hall–Kier alpha value is -0.340. The van der Waals surface area contributed by atoms with Gasteiger partial charge in [0.05, 0.1) is 0 Å². The van der Waals surface area contributed by atoms with Crippen molar-refractivity contribution in [1.29, 1.82) is 0 Å². The lowest BCUT2D eigenvalue weighted by molar-refractivity contribution is -0.0450. The van der Waals surface area contributed by atoms with Crippen molar-refractivity contribution in [1.82, 2.24) is 10.0 Å². The maximum atomic E-state index is 12.0. The van der Waals surface area contributed by atoms with Gasteiger partial charge in [0.25, 0.3) is 0 Å². The van der Waals surface area contributed by atoms with Crippen LogP contribution in [-0.4, -0.2) is 33.6 Å². The lowest BCUT2D eigenvalue weighted by Crippen LogP contribution is -2.46. The van der Waals surface area contributed by atoms with Crippen LogP contribution in [0.15, 0.2) is 0 Å². The third-order valence-corrected chi connectivity index (χ3v) is 3.94. The monoisotopic (exact) mass is 260 g/mol. The first-order valence-electron chi connectivity index (χ1n) is 4.93. The van der Waals surface area contributed by atoms with Gasteiger partial charge in [0.15, 0.2) is 0 Å². The fraction of sp³-hybridized carbons (Fsp3) is 1.00. The summed E-state index contributed by atoms with van der Waals surface area (Å²) in [6.07, 6.45) is 1.32. The Morgan fingerprint density at radius 3 is 2.25 bits per heavy atom. The van der Waals surface area contributed by atoms with Crippen LogP contribution in [0.5, 0.6) is 0 Å². The van der Waals surface area contributed by atoms with Gasteiger partial charge in [-0.2, -0.15) is 13.2 Å². The minimum atomic E-state index is -5.23. The molecule has 1 rings (SSSR count). The van der Waals surface area contributed by atoms with Crippen LogP contribution in [0.3, 0.4) is 0 Å². The molecule has 0 aromatic rings. The zero-order chi connectivity index (χ0) is 12.4. The summed E-state index contributed by atoms with van der Waals surface area (Å²) in [4.78, 5) is 0. The van der Waals surface area contributed by atoms with E-state index in [-0.39, 0.29) is 6.54 Å². The predicted molar refractivity (Wildman–Crippen MR) is 53.2 cm³/mol. The molecule has 0 aliphatic carbocycles. The number of hydrogen-bond acceptors (Lipinski definition) is 3. The largest absolute Gasteiger partial charge is 0.511 e. The zero-order valence-electron chi connectivity index (χ0n) is 8.89. The highest BCUT2D eigenvalue weighted by Gasteiger charge is 2.46. The Morgan fingerprint density at radius 2 is 1.81 bits per heavy atom. The van der Waals surface area contributed by atoms with E-state index in [9.17, 15) is 21.6 Å². The van der Waals surface area contributed by atoms with Crippen molar-refractivity contribution < 1.29 is 21.6 Å². The number of nitrogens with one attached hydrogen (secondary N) is 2. The lowest BCUT2D eigenvalue weighted by Gasteiger charge is -2.34. The van der Waals surface area contributed by atoms with E-state index in [1.165, 1.54) is 0 Å². The standard InChI is InChI=1S/C8H15F3N2O2S/c1-7(2-4-12-5-3-7)6-13-16(14,15)8(9,10)11/h12-13H,2-6H2,1H3. The highest BCUT2D eigenvalue weighted by molar-refractivity contribution is 7.90. The highest BCUT2D eigenvalue weighted by atomic mass is 32.2. The molecular weight excluding hydrogens is 245 g/mol. The molecule has 0 aromatic carbocycles. The average Bonchev–Trinajstić information content (AvgIpc) is 2.15. The topological polar surface area (TPSA) is 58.2 Å². The molecule has 0 atom stereocenters. The molecule has 0 bridgehead atoms. The summed E-state index contributed by atoms with van der Waals surface area (Å²) in [5, 5.41) is 3.07. The second-order valence-electron chi connectivity index (χ2n) is 4.33. The van der Waals surface area contributed by atoms with E-state index in [2.05, 4.69) is 5.32 Å². The highest BCUT2D eigenvalue weighted by Crippen LogP contribution is 2.28. The van der Waals surface area contributed by atoms with Gasteiger partial charge in [0.2, 0.25) is 0 Å². The molecule has 1 fully saturated rings. The molecule has 2 N–H and O–H groups in total. The predicted octanol–water partition coefficient (Wildman–Crippen LogP) is 0.815. The van der Waals surface area contributed by atoms with E-state index in [0.29, 0.717) is 25.9 Å². The first-order chi connectivity index (χ1) is 7.16. The van der Waals surface area contributed by atoms with Gasteiger partial charge in [-0.3, -0.25) is 0 Å². The molecule has 96 valence electrons. The van der Waals surface area contributed by atoms with Gasteiger partial charge >= 0.3 is 15.5 Å². The second-order valence-corrected chi connectivity index (χ2v) is 6.09. The molecule has 1 saturated heterocycles. The van der Waals surface area contributed by atoms with Gasteiger partial charge in [-0.05, 0) is 31.3 Å². The molecule has 4 nitrogen and oxygen atoms in total. The van der Waals surface area contributed by atoms with Crippen LogP contribution in [-0.2, 0) is 10.0 Å². The first-order valence-corrected chi connectivity index (χ1v) is 6.41. The summed E-state index contributed by atoms with van der Waals surface area (Å²) < 4.78 is 59.3. The fourth-order valence-electron chi connectivity index (χ4n) is 1.56. The Kier molecular flexibility index (Phi) is 3.86. The normalized spacial score (nSPS) is 22.0. The van der Waals surface area contributed by atoms with Crippen molar-refractivity contribution in [3.8, 4) is 0 Å². The molecule has 0 unspecified atom stereocenters. The minimum Gasteiger partial charge on any atom is -0.317 e. The fourth-order valence-corrected chi connectivity index (χ4v) is 2.26. The van der Waals surface area contributed by atoms with E-state index in [1.54, 1.807) is 11.6 Å². The summed E-state index contributed by atoms with van der Waals surface area (Å²) in [6, 6.07) is 0. The van der Waals surface area contributed by atoms with E-state index >= 15 is 0 Å². The summed E-state index contributed by atoms with van der Waals surface area (Å²) in [7, 11) is -5.21. The van der Waals surface area contributed by atoms with Crippen molar-refractivity contribution in [2.45, 2.75) is 25.3 Å². The number of halogens is 3. The molecular formula is C8H15F3N2O2S. The van der Waals surface area contributed by atoms with E-state index in [0.717, 1.165) is 0 Å². The molecule has 8 heteroatoms. The van der Waals surface area contributed by atoms with Crippen molar-refractivity contribution in [2.24, 2.45) is 5.41 Å². The maximum Gasteiger partial charge on any atom is 0.511 e. The Bertz CT molecular complexity index is 334. The van der Waals surface area contributed by atoms with Crippen LogP contribution in [0.25, 0.3) is 0 Å². The van der Waals surface area contributed by atoms with Crippen LogP contribution in [0.1, 0.15) is 19.8 Å². The number of hydrogen-bond donors (Lipinski definition) is 2. The SMILES string of the molecule is CC1(CNS(=O)(=O)C(F)(F)F)CCNCC1. The molecule has 16 heavy (non-hydrogen) atoms. The van der Waals surface area contributed by atoms with Gasteiger partial charge in [-0.25, -0.2) is 13.1 Å². The quantitative estimate of drug-likeness (QED) is 0.789. The number of rotatable bonds is 3. The van der Waals surface area contributed by atoms with E-state index < -0.39 is 20.9 Å². The molecule has 0 amide bonds. The van der Waals surface area contributed by atoms with Gasteiger partial charge < -0.3 is 5.32 Å². The lowest BCUT2D eigenvalue weighted by atomic mass is 9.81. The van der Waals surface area contributed by atoms with Crippen LogP contribution >= 0.6 is 0 Å². The number of sulfonamides is 1. The van der Waals surface area contributed by atoms with Gasteiger partial charge in [-0.1, -0.05) is 6.92 Å². The van der Waals surface area contributed by atoms with E-state index in [1.807, 2.05) is 0 Å². The van der Waals surface area contributed by atoms with Crippen LogP contribution < -0.4 is 10.0 Å². The molecule has 0 radical (unpaired) electrons. The van der Waals surface area contributed by atoms with E-state index in [4.69, 9.17) is 0 Å². The summed E-state index contributed by atoms with van der Waals surface area (Å²) in [5.74, 6) is 0. The molecule has 0 aromatic heterocycles. The van der Waals surface area contributed by atoms with Gasteiger partial charge in [-0.15, -0.1) is 0 Å². The van der Waals surface area contributed by atoms with Gasteiger partial charge in [0.1, 0.15) is 0 Å². The average molecular weight is 260 g/mol. The Balaban J connectivity index is 2.57. The summed E-state index contributed by atoms with van der Waals surface area (Å²) in [6.45, 7) is 3.01. The minimum absolute atomic E-state index is 0.170. The molecule has 1 aliphatic heterocycles. The van der Waals surface area contributed by atoms with Crippen LogP contribution in [0.2, 0.25) is 0 Å².